The summed E-state index contributed by atoms with van der Waals surface area (Å²) in [6.07, 6.45) is -2.87. The Labute approximate surface area is 93.0 Å². The van der Waals surface area contributed by atoms with E-state index >= 15 is 0 Å². The summed E-state index contributed by atoms with van der Waals surface area (Å²) < 4.78 is 43.6. The van der Waals surface area contributed by atoms with E-state index in [1.54, 1.807) is 7.85 Å². The Hall–Kier alpha value is -1.13. The molecular formula is C11H12BF3O. The zero-order valence-corrected chi connectivity index (χ0v) is 9.24. The van der Waals surface area contributed by atoms with Gasteiger partial charge in [-0.25, -0.2) is 0 Å². The van der Waals surface area contributed by atoms with Gasteiger partial charge >= 0.3 is 6.18 Å². The molecule has 0 unspecified atom stereocenters. The van der Waals surface area contributed by atoms with Crippen LogP contribution in [-0.2, 0) is 12.6 Å². The first-order valence-corrected chi connectivity index (χ1v) is 5.24. The van der Waals surface area contributed by atoms with Gasteiger partial charge in [-0.1, -0.05) is 17.1 Å². The normalized spacial score (nSPS) is 15.5. The van der Waals surface area contributed by atoms with E-state index in [2.05, 4.69) is 0 Å². The summed E-state index contributed by atoms with van der Waals surface area (Å²) in [6.45, 7) is 2.22. The van der Waals surface area contributed by atoms with Crippen LogP contribution < -0.4 is 10.2 Å². The average Bonchev–Trinajstić information content (AvgIpc) is 2.22. The van der Waals surface area contributed by atoms with Crippen molar-refractivity contribution < 1.29 is 17.9 Å². The molecule has 0 atom stereocenters. The van der Waals surface area contributed by atoms with Gasteiger partial charge in [0.15, 0.2) is 0 Å². The minimum Gasteiger partial charge on any atom is -0.493 e. The number of fused-ring (bicyclic) bond motifs is 1. The van der Waals surface area contributed by atoms with Gasteiger partial charge in [-0.15, -0.1) is 0 Å². The van der Waals surface area contributed by atoms with Gasteiger partial charge in [0.2, 0.25) is 0 Å². The van der Waals surface area contributed by atoms with Crippen LogP contribution in [0.1, 0.15) is 23.1 Å². The Balaban J connectivity index is 2.67. The van der Waals surface area contributed by atoms with Crippen LogP contribution in [-0.4, -0.2) is 14.5 Å². The van der Waals surface area contributed by atoms with Crippen LogP contribution in [0.15, 0.2) is 6.07 Å². The topological polar surface area (TPSA) is 9.23 Å². The second kappa shape index (κ2) is 3.72. The van der Waals surface area contributed by atoms with Crippen LogP contribution in [0.25, 0.3) is 0 Å². The number of hydrogen-bond acceptors (Lipinski definition) is 1. The molecule has 1 heterocycles. The zero-order valence-electron chi connectivity index (χ0n) is 9.24. The van der Waals surface area contributed by atoms with Crippen molar-refractivity contribution in [2.45, 2.75) is 25.9 Å². The van der Waals surface area contributed by atoms with Crippen LogP contribution >= 0.6 is 0 Å². The van der Waals surface area contributed by atoms with Crippen LogP contribution in [0, 0.1) is 6.92 Å². The van der Waals surface area contributed by atoms with Crippen molar-refractivity contribution in [3.05, 3.63) is 22.8 Å². The number of hydrogen-bond donors (Lipinski definition) is 0. The third-order valence-corrected chi connectivity index (χ3v) is 3.05. The summed E-state index contributed by atoms with van der Waals surface area (Å²) in [5.41, 5.74) is 1.68. The molecule has 0 fully saturated rings. The first-order chi connectivity index (χ1) is 7.41. The molecule has 1 nitrogen and oxygen atoms in total. The lowest BCUT2D eigenvalue weighted by molar-refractivity contribution is -0.139. The highest BCUT2D eigenvalue weighted by Gasteiger charge is 2.37. The van der Waals surface area contributed by atoms with E-state index in [-0.39, 0.29) is 5.75 Å². The number of benzene rings is 1. The van der Waals surface area contributed by atoms with Crippen molar-refractivity contribution >= 4 is 13.3 Å². The zero-order chi connectivity index (χ0) is 11.9. The quantitative estimate of drug-likeness (QED) is 0.613. The Morgan fingerprint density at radius 3 is 2.69 bits per heavy atom. The second-order valence-corrected chi connectivity index (χ2v) is 4.12. The monoisotopic (exact) mass is 228 g/mol. The Morgan fingerprint density at radius 1 is 1.38 bits per heavy atom. The standard InChI is InChI=1S/C11H12BF3O/c1-6-7-3-2-4-16-10(7)8(5-9(6)12)11(13,14)15/h5H,2-4,12H2,1H3. The molecule has 1 aliphatic rings. The fourth-order valence-corrected chi connectivity index (χ4v) is 2.06. The lowest BCUT2D eigenvalue weighted by atomic mass is 9.84. The van der Waals surface area contributed by atoms with Gasteiger partial charge in [0.1, 0.15) is 13.6 Å². The molecular weight excluding hydrogens is 216 g/mol. The Kier molecular flexibility index (Phi) is 2.64. The molecule has 0 saturated carbocycles. The molecule has 0 saturated heterocycles. The fourth-order valence-electron chi connectivity index (χ4n) is 2.06. The van der Waals surface area contributed by atoms with E-state index < -0.39 is 11.7 Å². The highest BCUT2D eigenvalue weighted by atomic mass is 19.4. The van der Waals surface area contributed by atoms with Crippen molar-refractivity contribution in [2.75, 3.05) is 6.61 Å². The van der Waals surface area contributed by atoms with Crippen molar-refractivity contribution in [3.8, 4) is 5.75 Å². The fraction of sp³-hybridized carbons (Fsp3) is 0.455. The van der Waals surface area contributed by atoms with Crippen molar-refractivity contribution in [1.29, 1.82) is 0 Å². The summed E-state index contributed by atoms with van der Waals surface area (Å²) >= 11 is 0. The predicted molar refractivity (Wildman–Crippen MR) is 58.2 cm³/mol. The summed E-state index contributed by atoms with van der Waals surface area (Å²) in [6, 6.07) is 1.18. The van der Waals surface area contributed by atoms with Gasteiger partial charge in [-0.3, -0.25) is 0 Å². The maximum atomic E-state index is 12.8. The molecule has 1 aromatic rings. The number of halogens is 3. The highest BCUT2D eigenvalue weighted by molar-refractivity contribution is 6.33. The molecule has 0 aliphatic carbocycles. The summed E-state index contributed by atoms with van der Waals surface area (Å²) in [4.78, 5) is 0. The van der Waals surface area contributed by atoms with Gasteiger partial charge < -0.3 is 4.74 Å². The maximum absolute atomic E-state index is 12.8. The first kappa shape index (κ1) is 11.4. The minimum absolute atomic E-state index is 0.0434. The summed E-state index contributed by atoms with van der Waals surface area (Å²) in [5, 5.41) is 0. The molecule has 86 valence electrons. The lowest BCUT2D eigenvalue weighted by Crippen LogP contribution is -2.22. The van der Waals surface area contributed by atoms with Crippen molar-refractivity contribution in [2.24, 2.45) is 0 Å². The lowest BCUT2D eigenvalue weighted by Gasteiger charge is -2.24. The molecule has 5 heteroatoms. The molecule has 0 amide bonds. The second-order valence-electron chi connectivity index (χ2n) is 4.12. The predicted octanol–water partition coefficient (Wildman–Crippen LogP) is 1.60. The first-order valence-electron chi connectivity index (χ1n) is 5.24. The molecule has 2 rings (SSSR count). The van der Waals surface area contributed by atoms with E-state index in [0.29, 0.717) is 18.5 Å². The Morgan fingerprint density at radius 2 is 2.06 bits per heavy atom. The van der Waals surface area contributed by atoms with Crippen LogP contribution in [0.4, 0.5) is 13.2 Å². The number of alkyl halides is 3. The molecule has 0 spiro atoms. The average molecular weight is 228 g/mol. The molecule has 0 bridgehead atoms. The van der Waals surface area contributed by atoms with Gasteiger partial charge in [-0.2, -0.15) is 13.2 Å². The number of rotatable bonds is 0. The van der Waals surface area contributed by atoms with E-state index in [9.17, 15) is 13.2 Å². The van der Waals surface area contributed by atoms with Crippen molar-refractivity contribution in [1.82, 2.24) is 0 Å². The third-order valence-electron chi connectivity index (χ3n) is 3.05. The molecule has 0 radical (unpaired) electrons. The smallest absolute Gasteiger partial charge is 0.419 e. The molecule has 1 aliphatic heterocycles. The van der Waals surface area contributed by atoms with E-state index in [0.717, 1.165) is 17.5 Å². The molecule has 16 heavy (non-hydrogen) atoms. The van der Waals surface area contributed by atoms with Crippen LogP contribution in [0.3, 0.4) is 0 Å². The van der Waals surface area contributed by atoms with Gasteiger partial charge in [-0.05, 0) is 25.3 Å². The largest absolute Gasteiger partial charge is 0.493 e. The SMILES string of the molecule is Bc1cc(C(F)(F)F)c2c(c1C)CCCO2. The van der Waals surface area contributed by atoms with Gasteiger partial charge in [0, 0.05) is 0 Å². The summed E-state index contributed by atoms with van der Waals surface area (Å²) in [5.74, 6) is 0.0434. The van der Waals surface area contributed by atoms with E-state index in [4.69, 9.17) is 4.74 Å². The Bertz CT molecular complexity index is 426. The van der Waals surface area contributed by atoms with Gasteiger partial charge in [0.25, 0.3) is 0 Å². The highest BCUT2D eigenvalue weighted by Crippen LogP contribution is 2.40. The minimum atomic E-state index is -4.33. The summed E-state index contributed by atoms with van der Waals surface area (Å²) in [7, 11) is 1.71. The molecule has 1 aromatic carbocycles. The van der Waals surface area contributed by atoms with E-state index in [1.807, 2.05) is 6.92 Å². The van der Waals surface area contributed by atoms with Crippen molar-refractivity contribution in [3.63, 3.8) is 0 Å². The van der Waals surface area contributed by atoms with E-state index in [1.165, 1.54) is 6.07 Å². The van der Waals surface area contributed by atoms with Crippen LogP contribution in [0.5, 0.6) is 5.75 Å². The maximum Gasteiger partial charge on any atom is 0.419 e. The van der Waals surface area contributed by atoms with Crippen LogP contribution in [0.2, 0.25) is 0 Å². The van der Waals surface area contributed by atoms with Gasteiger partial charge in [0.05, 0.1) is 12.2 Å². The molecule has 0 N–H and O–H groups in total. The third kappa shape index (κ3) is 1.79. The number of ether oxygens (including phenoxy) is 1. The molecule has 0 aromatic heterocycles.